The molecule has 3 saturated heterocycles. The quantitative estimate of drug-likeness (QED) is 0.305. The standard InChI is InChI=1S/C13H17BCl2O3.C12H24B2O4.C7H5BrCl2O.C2H4O2.K/c1-12(2)13(3,4)19-14(18-12)9-6-8(17-5)7-10(15)11(9)16;1-9(2)10(3,4)16-13(15-9)14-17-11(5,6)12(7,8)18-14;1-11-4-2-5(8)7(10)6(9)3-4;1-2(3)4;/h6-7H,1-5H3;1-8H3;2-3H,1H3;1H3,(H,3,4);/q;;;;+1/p-1. The van der Waals surface area contributed by atoms with Crippen LogP contribution in [0.2, 0.25) is 20.1 Å². The Kier molecular flexibility index (Phi) is 19.2. The minimum absolute atomic E-state index is 0. The third-order valence-corrected chi connectivity index (χ3v) is 12.2. The number of methoxy groups -OCH3 is 2. The number of aliphatic carboxylic acids is 1. The van der Waals surface area contributed by atoms with Crippen molar-refractivity contribution in [2.45, 2.75) is 124 Å². The van der Waals surface area contributed by atoms with E-state index in [0.717, 1.165) is 11.4 Å². The predicted octanol–water partition coefficient (Wildman–Crippen LogP) is 5.08. The fraction of sp³-hybridized carbons (Fsp3) is 0.618. The summed E-state index contributed by atoms with van der Waals surface area (Å²) in [4.78, 5) is 8.89. The predicted molar refractivity (Wildman–Crippen MR) is 212 cm³/mol. The van der Waals surface area contributed by atoms with E-state index in [-0.39, 0.29) is 73.8 Å². The molecular formula is C34H49B3BrCl4KO10. The number of halogens is 5. The molecule has 2 aromatic rings. The number of ether oxygens (including phenoxy) is 2. The van der Waals surface area contributed by atoms with E-state index in [1.807, 2.05) is 83.1 Å². The van der Waals surface area contributed by atoms with Crippen molar-refractivity contribution in [3.8, 4) is 11.5 Å². The molecule has 19 heteroatoms. The van der Waals surface area contributed by atoms with Gasteiger partial charge >= 0.3 is 72.5 Å². The zero-order chi connectivity index (χ0) is 40.4. The fourth-order valence-corrected chi connectivity index (χ4v) is 5.78. The third-order valence-electron chi connectivity index (χ3n) is 9.73. The zero-order valence-electron chi connectivity index (χ0n) is 33.5. The van der Waals surface area contributed by atoms with Crippen LogP contribution in [0.1, 0.15) is 90.0 Å². The molecule has 290 valence electrons. The average molecular weight is 911 g/mol. The summed E-state index contributed by atoms with van der Waals surface area (Å²) in [5, 5.41) is 10.7. The molecule has 2 aromatic carbocycles. The molecule has 0 aliphatic carbocycles. The molecule has 0 unspecified atom stereocenters. The molecule has 0 atom stereocenters. The largest absolute Gasteiger partial charge is 1.00 e. The number of carboxylic acid groups (broad SMARTS) is 1. The number of carbonyl (C=O) groups excluding carboxylic acids is 1. The van der Waals surface area contributed by atoms with E-state index in [4.69, 9.17) is 93.7 Å². The van der Waals surface area contributed by atoms with Gasteiger partial charge in [-0.15, -0.1) is 0 Å². The topological polar surface area (TPSA) is 114 Å². The van der Waals surface area contributed by atoms with Gasteiger partial charge in [-0.25, -0.2) is 0 Å². The van der Waals surface area contributed by atoms with Crippen LogP contribution in [-0.4, -0.2) is 74.9 Å². The maximum atomic E-state index is 8.89. The van der Waals surface area contributed by atoms with Crippen molar-refractivity contribution in [3.63, 3.8) is 0 Å². The van der Waals surface area contributed by atoms with Crippen molar-refractivity contribution < 1.29 is 98.7 Å². The van der Waals surface area contributed by atoms with E-state index in [2.05, 4.69) is 15.9 Å². The number of rotatable bonds is 4. The molecule has 3 aliphatic rings. The molecule has 0 amide bonds. The molecule has 0 bridgehead atoms. The van der Waals surface area contributed by atoms with E-state index in [1.54, 1.807) is 38.5 Å². The summed E-state index contributed by atoms with van der Waals surface area (Å²) in [6.07, 6.45) is 0. The second-order valence-corrected chi connectivity index (χ2v) is 17.7. The first kappa shape index (κ1) is 51.8. The number of hydrogen-bond donors (Lipinski definition) is 0. The average Bonchev–Trinajstić information content (AvgIpc) is 3.46. The van der Waals surface area contributed by atoms with Crippen molar-refractivity contribution in [2.24, 2.45) is 0 Å². The molecule has 0 saturated carbocycles. The first-order chi connectivity index (χ1) is 23.4. The van der Waals surface area contributed by atoms with Gasteiger partial charge in [0, 0.05) is 28.0 Å². The van der Waals surface area contributed by atoms with Crippen molar-refractivity contribution in [1.29, 1.82) is 0 Å². The van der Waals surface area contributed by atoms with Gasteiger partial charge in [0.15, 0.2) is 0 Å². The minimum atomic E-state index is -1.08. The van der Waals surface area contributed by atoms with Gasteiger partial charge in [-0.05, 0) is 118 Å². The second-order valence-electron chi connectivity index (χ2n) is 15.2. The van der Waals surface area contributed by atoms with Crippen LogP contribution in [0.5, 0.6) is 11.5 Å². The SMILES string of the molecule is CC(=O)[O-].CC1(C)OB(B2OC(C)(C)C(C)(C)O2)OC1(C)C.COc1cc(Cl)c(Cl)c(B2OC(C)(C)C(C)(C)O2)c1.COc1cc(Cl)c(Cl)c(Br)c1.[K+]. The Hall–Kier alpha value is 0.741. The summed E-state index contributed by atoms with van der Waals surface area (Å²) < 4.78 is 46.7. The van der Waals surface area contributed by atoms with Gasteiger partial charge < -0.3 is 47.3 Å². The summed E-state index contributed by atoms with van der Waals surface area (Å²) >= 11 is 27.1. The smallest absolute Gasteiger partial charge is 0.550 e. The summed E-state index contributed by atoms with van der Waals surface area (Å²) in [6, 6.07) is 6.87. The molecule has 3 aliphatic heterocycles. The van der Waals surface area contributed by atoms with Crippen LogP contribution in [0, 0.1) is 0 Å². The number of benzene rings is 2. The molecule has 0 aromatic heterocycles. The fourth-order valence-electron chi connectivity index (χ4n) is 4.49. The van der Waals surface area contributed by atoms with Crippen molar-refractivity contribution in [3.05, 3.63) is 48.8 Å². The van der Waals surface area contributed by atoms with Gasteiger partial charge in [0.25, 0.3) is 0 Å². The van der Waals surface area contributed by atoms with Gasteiger partial charge in [-0.2, -0.15) is 0 Å². The normalized spacial score (nSPS) is 20.8. The number of hydrogen-bond acceptors (Lipinski definition) is 10. The van der Waals surface area contributed by atoms with Crippen LogP contribution in [0.4, 0.5) is 0 Å². The van der Waals surface area contributed by atoms with Crippen LogP contribution in [-0.2, 0) is 32.7 Å². The van der Waals surface area contributed by atoms with Crippen LogP contribution in [0.25, 0.3) is 0 Å². The Morgan fingerprint density at radius 3 is 1.19 bits per heavy atom. The van der Waals surface area contributed by atoms with Crippen LogP contribution >= 0.6 is 62.3 Å². The summed E-state index contributed by atoms with van der Waals surface area (Å²) in [6.45, 7) is 25.1. The van der Waals surface area contributed by atoms with Gasteiger partial charge in [-0.3, -0.25) is 0 Å². The maximum Gasteiger partial charge on any atom is 1.00 e. The monoisotopic (exact) mass is 908 g/mol. The summed E-state index contributed by atoms with van der Waals surface area (Å²) in [5.74, 6) is 0.227. The third kappa shape index (κ3) is 13.1. The van der Waals surface area contributed by atoms with E-state index in [1.165, 1.54) is 0 Å². The molecular weight excluding hydrogens is 862 g/mol. The Labute approximate surface area is 387 Å². The molecule has 3 fully saturated rings. The molecule has 10 nitrogen and oxygen atoms in total. The van der Waals surface area contributed by atoms with Crippen LogP contribution < -0.4 is 71.4 Å². The molecule has 53 heavy (non-hydrogen) atoms. The van der Waals surface area contributed by atoms with Gasteiger partial charge in [0.1, 0.15) is 11.5 Å². The van der Waals surface area contributed by atoms with Gasteiger partial charge in [0.05, 0.1) is 67.9 Å². The van der Waals surface area contributed by atoms with E-state index in [0.29, 0.717) is 37.1 Å². The van der Waals surface area contributed by atoms with Gasteiger partial charge in [-0.1, -0.05) is 46.4 Å². The number of carboxylic acids is 1. The minimum Gasteiger partial charge on any atom is -0.550 e. The van der Waals surface area contributed by atoms with E-state index < -0.39 is 38.3 Å². The molecule has 5 rings (SSSR count). The second kappa shape index (κ2) is 19.7. The number of carbonyl (C=O) groups is 1. The van der Waals surface area contributed by atoms with Crippen LogP contribution in [0.15, 0.2) is 28.7 Å². The Morgan fingerprint density at radius 2 is 0.887 bits per heavy atom. The summed E-state index contributed by atoms with van der Waals surface area (Å²) in [7, 11) is 1.65. The molecule has 0 spiro atoms. The Morgan fingerprint density at radius 1 is 0.604 bits per heavy atom. The molecule has 0 radical (unpaired) electrons. The van der Waals surface area contributed by atoms with Crippen molar-refractivity contribution in [1.82, 2.24) is 0 Å². The van der Waals surface area contributed by atoms with Crippen molar-refractivity contribution >= 4 is 94.9 Å². The van der Waals surface area contributed by atoms with Crippen LogP contribution in [0.3, 0.4) is 0 Å². The van der Waals surface area contributed by atoms with E-state index >= 15 is 0 Å². The maximum absolute atomic E-state index is 8.89. The zero-order valence-corrected chi connectivity index (χ0v) is 41.2. The molecule has 3 heterocycles. The first-order valence-electron chi connectivity index (χ1n) is 16.4. The van der Waals surface area contributed by atoms with Gasteiger partial charge in [0.2, 0.25) is 0 Å². The summed E-state index contributed by atoms with van der Waals surface area (Å²) in [5.41, 5.74) is -1.59. The Bertz CT molecular complexity index is 1470. The van der Waals surface area contributed by atoms with Crippen molar-refractivity contribution in [2.75, 3.05) is 14.2 Å². The molecule has 0 N–H and O–H groups in total. The first-order valence-corrected chi connectivity index (χ1v) is 18.7. The Balaban J connectivity index is 0.000000385. The van der Waals surface area contributed by atoms with E-state index in [9.17, 15) is 0 Å².